The second-order valence-electron chi connectivity index (χ2n) is 5.50. The van der Waals surface area contributed by atoms with Crippen LogP contribution in [0.2, 0.25) is 0 Å². The van der Waals surface area contributed by atoms with Gasteiger partial charge in [0.25, 0.3) is 0 Å². The third-order valence-corrected chi connectivity index (χ3v) is 4.09. The van der Waals surface area contributed by atoms with E-state index in [1.165, 1.54) is 39.0 Å². The van der Waals surface area contributed by atoms with Crippen molar-refractivity contribution in [1.29, 1.82) is 0 Å². The van der Waals surface area contributed by atoms with Crippen LogP contribution < -0.4 is 5.73 Å². The van der Waals surface area contributed by atoms with Gasteiger partial charge in [-0.25, -0.2) is 0 Å². The molecule has 0 amide bonds. The van der Waals surface area contributed by atoms with Gasteiger partial charge in [0.2, 0.25) is 0 Å². The van der Waals surface area contributed by atoms with E-state index >= 15 is 0 Å². The van der Waals surface area contributed by atoms with E-state index in [2.05, 4.69) is 16.8 Å². The SMILES string of the molecule is CN1CCN(CCOC2CCCCC2N)CC1. The summed E-state index contributed by atoms with van der Waals surface area (Å²) in [6, 6.07) is 0.274. The molecule has 2 fully saturated rings. The Kier molecular flexibility index (Phi) is 5.22. The number of piperazine rings is 1. The molecule has 2 N–H and O–H groups in total. The van der Waals surface area contributed by atoms with E-state index in [4.69, 9.17) is 10.5 Å². The van der Waals surface area contributed by atoms with E-state index in [9.17, 15) is 0 Å². The van der Waals surface area contributed by atoms with Gasteiger partial charge in [0.15, 0.2) is 0 Å². The van der Waals surface area contributed by atoms with Crippen LogP contribution >= 0.6 is 0 Å². The van der Waals surface area contributed by atoms with Crippen molar-refractivity contribution in [2.75, 3.05) is 46.4 Å². The molecule has 1 heterocycles. The van der Waals surface area contributed by atoms with Gasteiger partial charge in [0, 0.05) is 38.8 Å². The Morgan fingerprint density at radius 1 is 1.12 bits per heavy atom. The average Bonchev–Trinajstić information content (AvgIpc) is 2.34. The molecule has 1 saturated carbocycles. The Bertz CT molecular complexity index is 217. The lowest BCUT2D eigenvalue weighted by molar-refractivity contribution is -0.000159. The third kappa shape index (κ3) is 4.21. The molecule has 2 aliphatic rings. The summed E-state index contributed by atoms with van der Waals surface area (Å²) >= 11 is 0. The van der Waals surface area contributed by atoms with Gasteiger partial charge in [-0.15, -0.1) is 0 Å². The van der Waals surface area contributed by atoms with Crippen LogP contribution in [0.25, 0.3) is 0 Å². The van der Waals surface area contributed by atoms with Gasteiger partial charge in [-0.05, 0) is 19.9 Å². The summed E-state index contributed by atoms with van der Waals surface area (Å²) in [6.07, 6.45) is 5.17. The van der Waals surface area contributed by atoms with Crippen molar-refractivity contribution in [2.45, 2.75) is 37.8 Å². The van der Waals surface area contributed by atoms with Crippen molar-refractivity contribution in [2.24, 2.45) is 5.73 Å². The van der Waals surface area contributed by atoms with Gasteiger partial charge in [-0.3, -0.25) is 4.90 Å². The second kappa shape index (κ2) is 6.69. The average molecular weight is 241 g/mol. The van der Waals surface area contributed by atoms with Gasteiger partial charge in [-0.2, -0.15) is 0 Å². The van der Waals surface area contributed by atoms with Crippen LogP contribution in [0.3, 0.4) is 0 Å². The molecule has 1 aliphatic heterocycles. The Morgan fingerprint density at radius 3 is 2.53 bits per heavy atom. The normalized spacial score (nSPS) is 32.8. The van der Waals surface area contributed by atoms with Crippen LogP contribution in [-0.2, 0) is 4.74 Å². The number of likely N-dealkylation sites (N-methyl/N-ethyl adjacent to an activating group) is 1. The summed E-state index contributed by atoms with van der Waals surface area (Å²) in [6.45, 7) is 6.64. The van der Waals surface area contributed by atoms with E-state index in [-0.39, 0.29) is 6.04 Å². The summed E-state index contributed by atoms with van der Waals surface area (Å²) in [7, 11) is 2.19. The molecule has 0 aromatic heterocycles. The molecule has 0 spiro atoms. The minimum atomic E-state index is 0.274. The van der Waals surface area contributed by atoms with E-state index in [0.717, 1.165) is 26.0 Å². The fourth-order valence-corrected chi connectivity index (χ4v) is 2.74. The lowest BCUT2D eigenvalue weighted by Crippen LogP contribution is -2.46. The van der Waals surface area contributed by atoms with Gasteiger partial charge in [0.1, 0.15) is 0 Å². The van der Waals surface area contributed by atoms with E-state index in [0.29, 0.717) is 6.10 Å². The maximum Gasteiger partial charge on any atom is 0.0726 e. The molecule has 17 heavy (non-hydrogen) atoms. The first kappa shape index (κ1) is 13.3. The highest BCUT2D eigenvalue weighted by Crippen LogP contribution is 2.19. The number of rotatable bonds is 4. The topological polar surface area (TPSA) is 41.7 Å². The maximum absolute atomic E-state index is 6.07. The van der Waals surface area contributed by atoms with Crippen LogP contribution in [0.5, 0.6) is 0 Å². The Balaban J connectivity index is 1.59. The molecule has 0 aromatic rings. The molecule has 2 rings (SSSR count). The van der Waals surface area contributed by atoms with Gasteiger partial charge >= 0.3 is 0 Å². The van der Waals surface area contributed by atoms with Crippen LogP contribution in [0.1, 0.15) is 25.7 Å². The summed E-state index contributed by atoms with van der Waals surface area (Å²) in [5.74, 6) is 0. The highest BCUT2D eigenvalue weighted by atomic mass is 16.5. The first-order valence-corrected chi connectivity index (χ1v) is 7.04. The molecule has 100 valence electrons. The van der Waals surface area contributed by atoms with Gasteiger partial charge in [0.05, 0.1) is 12.7 Å². The molecular weight excluding hydrogens is 214 g/mol. The van der Waals surface area contributed by atoms with Crippen LogP contribution in [0, 0.1) is 0 Å². The van der Waals surface area contributed by atoms with Crippen LogP contribution in [0.15, 0.2) is 0 Å². The molecule has 4 nitrogen and oxygen atoms in total. The van der Waals surface area contributed by atoms with E-state index in [1.54, 1.807) is 0 Å². The molecule has 4 heteroatoms. The van der Waals surface area contributed by atoms with Gasteiger partial charge in [-0.1, -0.05) is 12.8 Å². The second-order valence-corrected chi connectivity index (χ2v) is 5.50. The summed E-state index contributed by atoms with van der Waals surface area (Å²) in [5.41, 5.74) is 6.07. The van der Waals surface area contributed by atoms with Crippen molar-refractivity contribution in [1.82, 2.24) is 9.80 Å². The Labute approximate surface area is 105 Å². The Morgan fingerprint density at radius 2 is 1.82 bits per heavy atom. The van der Waals surface area contributed by atoms with Crippen LogP contribution in [0.4, 0.5) is 0 Å². The molecule has 0 radical (unpaired) electrons. The minimum absolute atomic E-state index is 0.274. The summed E-state index contributed by atoms with van der Waals surface area (Å²) in [4.78, 5) is 4.88. The number of nitrogens with zero attached hydrogens (tertiary/aromatic N) is 2. The summed E-state index contributed by atoms with van der Waals surface area (Å²) in [5, 5.41) is 0. The highest BCUT2D eigenvalue weighted by molar-refractivity contribution is 4.78. The maximum atomic E-state index is 6.07. The van der Waals surface area contributed by atoms with E-state index in [1.807, 2.05) is 0 Å². The number of hydrogen-bond donors (Lipinski definition) is 1. The smallest absolute Gasteiger partial charge is 0.0726 e. The van der Waals surface area contributed by atoms with Crippen molar-refractivity contribution in [3.63, 3.8) is 0 Å². The zero-order chi connectivity index (χ0) is 12.1. The van der Waals surface area contributed by atoms with Crippen molar-refractivity contribution in [3.05, 3.63) is 0 Å². The largest absolute Gasteiger partial charge is 0.375 e. The molecule has 2 unspecified atom stereocenters. The van der Waals surface area contributed by atoms with Crippen molar-refractivity contribution < 1.29 is 4.74 Å². The third-order valence-electron chi connectivity index (χ3n) is 4.09. The lowest BCUT2D eigenvalue weighted by Gasteiger charge is -2.33. The Hall–Kier alpha value is -0.160. The lowest BCUT2D eigenvalue weighted by atomic mass is 9.93. The molecular formula is C13H27N3O. The molecule has 0 aromatic carbocycles. The first-order valence-electron chi connectivity index (χ1n) is 7.04. The predicted molar refractivity (Wildman–Crippen MR) is 70.1 cm³/mol. The molecule has 2 atom stereocenters. The predicted octanol–water partition coefficient (Wildman–Crippen LogP) is 0.520. The number of nitrogens with two attached hydrogens (primary N) is 1. The minimum Gasteiger partial charge on any atom is -0.375 e. The van der Waals surface area contributed by atoms with Crippen molar-refractivity contribution in [3.8, 4) is 0 Å². The zero-order valence-corrected chi connectivity index (χ0v) is 11.1. The first-order chi connectivity index (χ1) is 8.25. The summed E-state index contributed by atoms with van der Waals surface area (Å²) < 4.78 is 5.94. The quantitative estimate of drug-likeness (QED) is 0.779. The molecule has 0 bridgehead atoms. The number of ether oxygens (including phenoxy) is 1. The van der Waals surface area contributed by atoms with E-state index < -0.39 is 0 Å². The fraction of sp³-hybridized carbons (Fsp3) is 1.00. The van der Waals surface area contributed by atoms with Crippen LogP contribution in [-0.4, -0.2) is 68.3 Å². The monoisotopic (exact) mass is 241 g/mol. The molecule has 1 aliphatic carbocycles. The molecule has 1 saturated heterocycles. The standard InChI is InChI=1S/C13H27N3O/c1-15-6-8-16(9-7-15)10-11-17-13-5-3-2-4-12(13)14/h12-13H,2-11,14H2,1H3. The van der Waals surface area contributed by atoms with Gasteiger partial charge < -0.3 is 15.4 Å². The highest BCUT2D eigenvalue weighted by Gasteiger charge is 2.22. The fourth-order valence-electron chi connectivity index (χ4n) is 2.74. The zero-order valence-electron chi connectivity index (χ0n) is 11.1. The van der Waals surface area contributed by atoms with Crippen molar-refractivity contribution >= 4 is 0 Å². The number of hydrogen-bond acceptors (Lipinski definition) is 4.